The Morgan fingerprint density at radius 1 is 0.860 bits per heavy atom. The number of carbonyl (C=O) groups excluding carboxylic acids is 2. The molecule has 9 rings (SSSR count). The van der Waals surface area contributed by atoms with Crippen molar-refractivity contribution < 1.29 is 9.59 Å². The number of hydrogen-bond acceptors (Lipinski definition) is 6. The zero-order valence-corrected chi connectivity index (χ0v) is 25.2. The molecule has 3 aliphatic heterocycles. The van der Waals surface area contributed by atoms with Gasteiger partial charge in [-0.3, -0.25) is 9.69 Å². The number of rotatable bonds is 5. The predicted octanol–water partition coefficient (Wildman–Crippen LogP) is 4.49. The van der Waals surface area contributed by atoms with E-state index in [0.717, 1.165) is 68.4 Å². The number of anilines is 4. The monoisotopic (exact) mass is 583 g/mol. The van der Waals surface area contributed by atoms with E-state index in [1.807, 2.05) is 29.3 Å². The molecule has 3 unspecified atom stereocenters. The number of primary amides is 1. The van der Waals surface area contributed by atoms with Crippen LogP contribution in [-0.4, -0.2) is 73.2 Å². The molecule has 0 spiro atoms. The van der Waals surface area contributed by atoms with Crippen molar-refractivity contribution in [1.82, 2.24) is 15.2 Å². The molecule has 2 saturated heterocycles. The number of nitrogens with zero attached hydrogens (tertiary/aromatic N) is 5. The summed E-state index contributed by atoms with van der Waals surface area (Å²) < 4.78 is 0. The van der Waals surface area contributed by atoms with Gasteiger partial charge in [0.05, 0.1) is 23.3 Å². The highest BCUT2D eigenvalue weighted by atomic mass is 16.2. The van der Waals surface area contributed by atoms with E-state index in [2.05, 4.69) is 38.2 Å². The van der Waals surface area contributed by atoms with Crippen LogP contribution in [0.1, 0.15) is 57.8 Å². The third kappa shape index (κ3) is 4.75. The minimum absolute atomic E-state index is 0.0293. The number of benzene rings is 1. The van der Waals surface area contributed by atoms with E-state index in [-0.39, 0.29) is 23.4 Å². The summed E-state index contributed by atoms with van der Waals surface area (Å²) in [6.45, 7) is 6.00. The molecule has 3 N–H and O–H groups in total. The van der Waals surface area contributed by atoms with Crippen molar-refractivity contribution in [3.63, 3.8) is 0 Å². The van der Waals surface area contributed by atoms with Crippen LogP contribution in [0.4, 0.5) is 27.7 Å². The molecule has 4 bridgehead atoms. The first kappa shape index (κ1) is 27.2. The minimum atomic E-state index is -0.345. The molecule has 4 heterocycles. The van der Waals surface area contributed by atoms with E-state index in [4.69, 9.17) is 10.7 Å². The second-order valence-electron chi connectivity index (χ2n) is 14.2. The third-order valence-electron chi connectivity index (χ3n) is 11.8. The van der Waals surface area contributed by atoms with Crippen molar-refractivity contribution >= 4 is 34.8 Å². The molecule has 7 aliphatic rings. The lowest BCUT2D eigenvalue weighted by Gasteiger charge is -2.59. The lowest BCUT2D eigenvalue weighted by atomic mass is 9.47. The summed E-state index contributed by atoms with van der Waals surface area (Å²) in [6, 6.07) is 13.4. The fraction of sp³-hybridized carbons (Fsp3) is 0.618. The topological polar surface area (TPSA) is 98.0 Å². The normalized spacial score (nSPS) is 32.2. The van der Waals surface area contributed by atoms with Gasteiger partial charge in [-0.05, 0) is 113 Å². The Morgan fingerprint density at radius 2 is 1.58 bits per heavy atom. The number of urea groups is 1. The van der Waals surface area contributed by atoms with Gasteiger partial charge in [-0.25, -0.2) is 9.78 Å². The molecular weight excluding hydrogens is 538 g/mol. The van der Waals surface area contributed by atoms with Crippen molar-refractivity contribution in [1.29, 1.82) is 0 Å². The van der Waals surface area contributed by atoms with E-state index in [0.29, 0.717) is 30.8 Å². The quantitative estimate of drug-likeness (QED) is 0.538. The molecule has 1 aromatic heterocycles. The number of nitrogens with two attached hydrogens (primary N) is 1. The van der Waals surface area contributed by atoms with E-state index < -0.39 is 0 Å². The first-order valence-electron chi connectivity index (χ1n) is 16.7. The van der Waals surface area contributed by atoms with Gasteiger partial charge in [0.2, 0.25) is 5.91 Å². The van der Waals surface area contributed by atoms with Gasteiger partial charge in [-0.1, -0.05) is 12.1 Å². The van der Waals surface area contributed by atoms with Gasteiger partial charge in [-0.15, -0.1) is 0 Å². The van der Waals surface area contributed by atoms with Gasteiger partial charge in [0.1, 0.15) is 5.82 Å². The summed E-state index contributed by atoms with van der Waals surface area (Å²) >= 11 is 0. The van der Waals surface area contributed by atoms with Crippen LogP contribution in [0.3, 0.4) is 0 Å². The number of piperidine rings is 1. The number of para-hydroxylation sites is 2. The van der Waals surface area contributed by atoms with E-state index in [1.165, 1.54) is 44.5 Å². The van der Waals surface area contributed by atoms with Crippen LogP contribution >= 0.6 is 0 Å². The molecule has 3 amide bonds. The summed E-state index contributed by atoms with van der Waals surface area (Å²) in [5.41, 5.74) is 8.67. The van der Waals surface area contributed by atoms with Gasteiger partial charge >= 0.3 is 6.03 Å². The summed E-state index contributed by atoms with van der Waals surface area (Å²) in [5.74, 6) is 2.04. The maximum absolute atomic E-state index is 13.8. The molecule has 228 valence electrons. The first-order valence-corrected chi connectivity index (χ1v) is 16.7. The Balaban J connectivity index is 0.943. The average molecular weight is 584 g/mol. The number of hydrogen-bond donors (Lipinski definition) is 2. The maximum Gasteiger partial charge on any atom is 0.322 e. The number of fused-ring (bicyclic) bond motifs is 1. The van der Waals surface area contributed by atoms with Crippen LogP contribution in [0.2, 0.25) is 0 Å². The minimum Gasteiger partial charge on any atom is -0.370 e. The number of likely N-dealkylation sites (tertiary alicyclic amines) is 1. The number of aromatic nitrogens is 1. The molecule has 0 radical (unpaired) electrons. The predicted molar refractivity (Wildman–Crippen MR) is 169 cm³/mol. The molecule has 43 heavy (non-hydrogen) atoms. The van der Waals surface area contributed by atoms with Crippen molar-refractivity contribution in [2.75, 3.05) is 54.0 Å². The second-order valence-corrected chi connectivity index (χ2v) is 14.2. The molecule has 2 aromatic rings. The highest BCUT2D eigenvalue weighted by Crippen LogP contribution is 2.60. The Hall–Kier alpha value is -3.33. The summed E-state index contributed by atoms with van der Waals surface area (Å²) in [4.78, 5) is 40.4. The van der Waals surface area contributed by atoms with E-state index >= 15 is 0 Å². The molecule has 6 fully saturated rings. The zero-order valence-electron chi connectivity index (χ0n) is 25.2. The second kappa shape index (κ2) is 10.7. The Bertz CT molecular complexity index is 1350. The SMILES string of the molecule is NC(=O)C12CC3C[C@H](C1)C(NC(=O)N1CCN(c4ccc(N5CCC(N6CCCC6)CC5)cn4)c4ccccc41)[C@@H](C3)C2. The van der Waals surface area contributed by atoms with Gasteiger partial charge in [0, 0.05) is 43.7 Å². The molecule has 4 saturated carbocycles. The average Bonchev–Trinajstić information content (AvgIpc) is 3.57. The highest BCUT2D eigenvalue weighted by molar-refractivity contribution is 5.98. The van der Waals surface area contributed by atoms with Crippen LogP contribution in [-0.2, 0) is 4.79 Å². The molecule has 5 atom stereocenters. The number of nitrogens with one attached hydrogen (secondary N) is 1. The van der Waals surface area contributed by atoms with Crippen LogP contribution in [0.5, 0.6) is 0 Å². The van der Waals surface area contributed by atoms with Gasteiger partial charge < -0.3 is 25.8 Å². The van der Waals surface area contributed by atoms with Crippen LogP contribution < -0.4 is 25.8 Å². The van der Waals surface area contributed by atoms with Gasteiger partial charge in [0.15, 0.2) is 0 Å². The maximum atomic E-state index is 13.8. The molecule has 9 heteroatoms. The van der Waals surface area contributed by atoms with Crippen molar-refractivity contribution in [2.45, 2.75) is 69.9 Å². The van der Waals surface area contributed by atoms with Crippen molar-refractivity contribution in [3.8, 4) is 0 Å². The number of carbonyl (C=O) groups is 2. The lowest BCUT2D eigenvalue weighted by Crippen LogP contribution is -2.63. The summed E-state index contributed by atoms with van der Waals surface area (Å²) in [7, 11) is 0. The van der Waals surface area contributed by atoms with Gasteiger partial charge in [0.25, 0.3) is 0 Å². The van der Waals surface area contributed by atoms with Crippen LogP contribution in [0.25, 0.3) is 0 Å². The van der Waals surface area contributed by atoms with Crippen molar-refractivity contribution in [3.05, 3.63) is 42.6 Å². The zero-order chi connectivity index (χ0) is 29.1. The fourth-order valence-corrected chi connectivity index (χ4v) is 9.91. The Kier molecular flexibility index (Phi) is 6.77. The van der Waals surface area contributed by atoms with E-state index in [1.54, 1.807) is 0 Å². The van der Waals surface area contributed by atoms with Gasteiger partial charge in [-0.2, -0.15) is 0 Å². The Labute approximate surface area is 254 Å². The van der Waals surface area contributed by atoms with Crippen molar-refractivity contribution in [2.24, 2.45) is 28.9 Å². The summed E-state index contributed by atoms with van der Waals surface area (Å²) in [5, 5.41) is 3.44. The highest BCUT2D eigenvalue weighted by Gasteiger charge is 2.58. The summed E-state index contributed by atoms with van der Waals surface area (Å²) in [6.07, 6.45) is 12.0. The molecular formula is C34H45N7O2. The van der Waals surface area contributed by atoms with E-state index in [9.17, 15) is 9.59 Å². The fourth-order valence-electron chi connectivity index (χ4n) is 9.91. The molecule has 1 aromatic carbocycles. The standard InChI is InChI=1S/C34H45N7O2/c35-32(42)34-19-23-17-24(20-34)31(25(18-23)21-34)37-33(43)41-16-15-40(28-5-1-2-6-29(28)41)30-8-7-27(22-36-30)39-13-9-26(10-14-39)38-11-3-4-12-38/h1-2,5-8,22-26,31H,3-4,9-21H2,(H2,35,42)(H,37,43)/t23?,24-,25+,31?,34?. The van der Waals surface area contributed by atoms with Crippen LogP contribution in [0, 0.1) is 23.2 Å². The lowest BCUT2D eigenvalue weighted by molar-refractivity contribution is -0.145. The number of amides is 3. The molecule has 4 aliphatic carbocycles. The smallest absolute Gasteiger partial charge is 0.322 e. The Morgan fingerprint density at radius 3 is 2.26 bits per heavy atom. The largest absolute Gasteiger partial charge is 0.370 e. The van der Waals surface area contributed by atoms with Crippen LogP contribution in [0.15, 0.2) is 42.6 Å². The molecule has 9 nitrogen and oxygen atoms in total. The number of pyridine rings is 1. The first-order chi connectivity index (χ1) is 21.0. The third-order valence-corrected chi connectivity index (χ3v) is 11.8.